The molecule has 0 saturated carbocycles. The molecule has 33 heavy (non-hydrogen) atoms. The van der Waals surface area contributed by atoms with Crippen molar-refractivity contribution in [3.05, 3.63) is 0 Å². The number of nitrogens with zero attached hydrogens (tertiary/aromatic N) is 4. The first-order chi connectivity index (χ1) is 16.4. The summed E-state index contributed by atoms with van der Waals surface area (Å²) in [5.41, 5.74) is 0. The molecule has 0 rings (SSSR count). The minimum atomic E-state index is 0.882. The van der Waals surface area contributed by atoms with E-state index in [0.717, 1.165) is 39.0 Å². The molecule has 196 valence electrons. The molecule has 0 heterocycles. The van der Waals surface area contributed by atoms with Gasteiger partial charge in [0.25, 0.3) is 0 Å². The van der Waals surface area contributed by atoms with E-state index >= 15 is 0 Å². The molecule has 0 fully saturated rings. The third-order valence-corrected chi connectivity index (χ3v) is 6.44. The van der Waals surface area contributed by atoms with Crippen LogP contribution in [0.5, 0.6) is 0 Å². The Bertz CT molecular complexity index is 359. The van der Waals surface area contributed by atoms with Gasteiger partial charge in [-0.1, -0.05) is 129 Å². The van der Waals surface area contributed by atoms with Gasteiger partial charge < -0.3 is 0 Å². The molecule has 4 nitrogen and oxygen atoms in total. The van der Waals surface area contributed by atoms with Gasteiger partial charge in [-0.15, -0.1) is 0 Å². The third-order valence-electron chi connectivity index (χ3n) is 6.44. The molecule has 0 aromatic rings. The molecule has 0 saturated heterocycles. The second-order valence-corrected chi connectivity index (χ2v) is 9.88. The van der Waals surface area contributed by atoms with Crippen molar-refractivity contribution in [2.24, 2.45) is 20.5 Å². The Morgan fingerprint density at radius 3 is 0.667 bits per heavy atom. The Hall–Kier alpha value is -0.800. The van der Waals surface area contributed by atoms with Crippen molar-refractivity contribution in [1.29, 1.82) is 0 Å². The predicted octanol–water partition coefficient (Wildman–Crippen LogP) is 10.9. The van der Waals surface area contributed by atoms with Crippen LogP contribution in [0.15, 0.2) is 20.5 Å². The van der Waals surface area contributed by atoms with E-state index < -0.39 is 0 Å². The second-order valence-electron chi connectivity index (χ2n) is 9.88. The summed E-state index contributed by atoms with van der Waals surface area (Å²) < 4.78 is 0. The van der Waals surface area contributed by atoms with E-state index in [1.165, 1.54) is 135 Å². The van der Waals surface area contributed by atoms with Gasteiger partial charge in [0.15, 0.2) is 0 Å². The van der Waals surface area contributed by atoms with E-state index in [2.05, 4.69) is 34.3 Å². The lowest BCUT2D eigenvalue weighted by atomic mass is 10.1. The van der Waals surface area contributed by atoms with Gasteiger partial charge in [0, 0.05) is 0 Å². The molecule has 0 unspecified atom stereocenters. The molecule has 0 radical (unpaired) electrons. The molecular formula is C29H60N4. The average Bonchev–Trinajstić information content (AvgIpc) is 2.83. The number of hydrogen-bond acceptors (Lipinski definition) is 4. The summed E-state index contributed by atoms with van der Waals surface area (Å²) in [6, 6.07) is 0. The first-order valence-electron chi connectivity index (χ1n) is 15.1. The van der Waals surface area contributed by atoms with Gasteiger partial charge in [-0.25, -0.2) is 0 Å². The lowest BCUT2D eigenvalue weighted by Gasteiger charge is -2.01. The summed E-state index contributed by atoms with van der Waals surface area (Å²) in [5.74, 6) is 0. The number of hydrogen-bond donors (Lipinski definition) is 0. The van der Waals surface area contributed by atoms with Crippen LogP contribution in [-0.2, 0) is 0 Å². The van der Waals surface area contributed by atoms with Gasteiger partial charge in [0.2, 0.25) is 0 Å². The highest BCUT2D eigenvalue weighted by Crippen LogP contribution is 2.11. The Labute approximate surface area is 208 Å². The van der Waals surface area contributed by atoms with Crippen molar-refractivity contribution in [3.63, 3.8) is 0 Å². The molecule has 0 aromatic carbocycles. The monoisotopic (exact) mass is 464 g/mol. The summed E-state index contributed by atoms with van der Waals surface area (Å²) in [6.07, 6.45) is 31.0. The van der Waals surface area contributed by atoms with Crippen molar-refractivity contribution in [2.45, 2.75) is 162 Å². The standard InChI is InChI=1S/C29H60N4/c1-3-5-7-9-11-13-15-17-19-22-26-30-32-28-24-21-25-29-33-31-27-23-20-18-16-14-12-10-8-6-4-2/h3-29H2,1-2H3/b32-30+,33-31+. The molecular weight excluding hydrogens is 404 g/mol. The van der Waals surface area contributed by atoms with Crippen LogP contribution in [0.2, 0.25) is 0 Å². The molecule has 0 aliphatic rings. The molecule has 0 amide bonds. The van der Waals surface area contributed by atoms with E-state index in [9.17, 15) is 0 Å². The topological polar surface area (TPSA) is 49.4 Å². The quantitative estimate of drug-likeness (QED) is 0.0816. The number of unbranched alkanes of at least 4 members (excludes halogenated alkanes) is 20. The fourth-order valence-electron chi connectivity index (χ4n) is 4.16. The van der Waals surface area contributed by atoms with E-state index in [-0.39, 0.29) is 0 Å². The highest BCUT2D eigenvalue weighted by atomic mass is 15.1. The van der Waals surface area contributed by atoms with Gasteiger partial charge in [-0.2, -0.15) is 20.5 Å². The van der Waals surface area contributed by atoms with E-state index in [1.807, 2.05) is 0 Å². The summed E-state index contributed by atoms with van der Waals surface area (Å²) in [6.45, 7) is 8.17. The van der Waals surface area contributed by atoms with Crippen molar-refractivity contribution in [1.82, 2.24) is 0 Å². The fraction of sp³-hybridized carbons (Fsp3) is 1.00. The maximum absolute atomic E-state index is 4.33. The van der Waals surface area contributed by atoms with Crippen molar-refractivity contribution in [3.8, 4) is 0 Å². The first kappa shape index (κ1) is 32.2. The SMILES string of the molecule is CCCCCCCCCCCC/N=N/CCCCC/N=N/CCCCCCCCCCCC. The Morgan fingerprint density at radius 1 is 0.242 bits per heavy atom. The third kappa shape index (κ3) is 31.2. The fourth-order valence-corrected chi connectivity index (χ4v) is 4.16. The van der Waals surface area contributed by atoms with E-state index in [4.69, 9.17) is 0 Å². The Balaban J connectivity index is 3.13. The van der Waals surface area contributed by atoms with Crippen LogP contribution < -0.4 is 0 Å². The summed E-state index contributed by atoms with van der Waals surface area (Å²) in [5, 5.41) is 17.3. The average molecular weight is 465 g/mol. The van der Waals surface area contributed by atoms with Gasteiger partial charge in [-0.3, -0.25) is 0 Å². The van der Waals surface area contributed by atoms with Crippen molar-refractivity contribution >= 4 is 0 Å². The van der Waals surface area contributed by atoms with Crippen LogP contribution in [0.1, 0.15) is 162 Å². The summed E-state index contributed by atoms with van der Waals surface area (Å²) in [7, 11) is 0. The van der Waals surface area contributed by atoms with Crippen LogP contribution in [-0.4, -0.2) is 26.2 Å². The zero-order valence-corrected chi connectivity index (χ0v) is 22.9. The van der Waals surface area contributed by atoms with Crippen LogP contribution in [0.25, 0.3) is 0 Å². The highest BCUT2D eigenvalue weighted by molar-refractivity contribution is 4.52. The zero-order chi connectivity index (χ0) is 23.9. The van der Waals surface area contributed by atoms with Gasteiger partial charge in [-0.05, 0) is 32.1 Å². The Kier molecular flexibility index (Phi) is 30.4. The minimum absolute atomic E-state index is 0.882. The largest absolute Gasteiger partial charge is 0.194 e. The molecule has 0 aliphatic carbocycles. The number of azo groups is 2. The van der Waals surface area contributed by atoms with Crippen LogP contribution in [0.3, 0.4) is 0 Å². The van der Waals surface area contributed by atoms with Crippen molar-refractivity contribution in [2.75, 3.05) is 26.2 Å². The zero-order valence-electron chi connectivity index (χ0n) is 22.9. The van der Waals surface area contributed by atoms with E-state index in [1.54, 1.807) is 0 Å². The minimum Gasteiger partial charge on any atom is -0.194 e. The van der Waals surface area contributed by atoms with Gasteiger partial charge in [0.05, 0.1) is 26.2 Å². The molecule has 0 aromatic heterocycles. The maximum Gasteiger partial charge on any atom is 0.0598 e. The summed E-state index contributed by atoms with van der Waals surface area (Å²) >= 11 is 0. The summed E-state index contributed by atoms with van der Waals surface area (Å²) in [4.78, 5) is 0. The lowest BCUT2D eigenvalue weighted by molar-refractivity contribution is 0.555. The molecule has 0 N–H and O–H groups in total. The van der Waals surface area contributed by atoms with Crippen LogP contribution >= 0.6 is 0 Å². The van der Waals surface area contributed by atoms with Gasteiger partial charge >= 0.3 is 0 Å². The molecule has 0 atom stereocenters. The molecule has 4 heteroatoms. The first-order valence-corrected chi connectivity index (χ1v) is 15.1. The van der Waals surface area contributed by atoms with Crippen molar-refractivity contribution < 1.29 is 0 Å². The van der Waals surface area contributed by atoms with Crippen LogP contribution in [0, 0.1) is 0 Å². The van der Waals surface area contributed by atoms with Crippen LogP contribution in [0.4, 0.5) is 0 Å². The maximum atomic E-state index is 4.33. The molecule has 0 aliphatic heterocycles. The smallest absolute Gasteiger partial charge is 0.0598 e. The predicted molar refractivity (Wildman–Crippen MR) is 147 cm³/mol. The van der Waals surface area contributed by atoms with E-state index in [0.29, 0.717) is 0 Å². The Morgan fingerprint density at radius 2 is 0.424 bits per heavy atom. The molecule has 0 bridgehead atoms. The van der Waals surface area contributed by atoms with Gasteiger partial charge in [0.1, 0.15) is 0 Å². The lowest BCUT2D eigenvalue weighted by Crippen LogP contribution is -1.87. The normalized spacial score (nSPS) is 11.9. The highest BCUT2D eigenvalue weighted by Gasteiger charge is 1.94. The second kappa shape index (κ2) is 31.2. The number of rotatable bonds is 28. The molecule has 0 spiro atoms.